The quantitative estimate of drug-likeness (QED) is 0.663. The average molecular weight is 329 g/mol. The zero-order valence-corrected chi connectivity index (χ0v) is 8.05. The van der Waals surface area contributed by atoms with Crippen molar-refractivity contribution in [2.24, 2.45) is 0 Å². The van der Waals surface area contributed by atoms with Gasteiger partial charge in [-0.2, -0.15) is 0 Å². The average Bonchev–Trinajstić information content (AvgIpc) is 2.05. The predicted molar refractivity (Wildman–Crippen MR) is 41.0 cm³/mol. The fourth-order valence-electron chi connectivity index (χ4n) is 1.06. The van der Waals surface area contributed by atoms with Crippen LogP contribution in [0.3, 0.4) is 0 Å². The molecule has 0 bridgehead atoms. The SMILES string of the molecule is C1=Cc2ccccc2OC1.[Au]. The Hall–Kier alpha value is -0.500. The molecule has 61 valence electrons. The maximum absolute atomic E-state index is 5.34. The molecule has 0 aliphatic carbocycles. The molecule has 1 aromatic carbocycles. The van der Waals surface area contributed by atoms with Crippen molar-refractivity contribution in [2.45, 2.75) is 0 Å². The number of hydrogen-bond acceptors (Lipinski definition) is 1. The van der Waals surface area contributed by atoms with Gasteiger partial charge in [0.25, 0.3) is 0 Å². The molecule has 0 saturated carbocycles. The third kappa shape index (κ3) is 1.75. The summed E-state index contributed by atoms with van der Waals surface area (Å²) in [5, 5.41) is 0. The topological polar surface area (TPSA) is 9.23 Å². The van der Waals surface area contributed by atoms with Crippen molar-refractivity contribution in [1.82, 2.24) is 0 Å². The molecule has 2 rings (SSSR count). The molecule has 0 amide bonds. The molecule has 2 heteroatoms. The van der Waals surface area contributed by atoms with E-state index in [1.54, 1.807) is 0 Å². The number of benzene rings is 1. The smallest absolute Gasteiger partial charge is 0.126 e. The van der Waals surface area contributed by atoms with E-state index in [0.29, 0.717) is 6.61 Å². The molecule has 0 spiro atoms. The first-order valence-corrected chi connectivity index (χ1v) is 3.35. The van der Waals surface area contributed by atoms with Gasteiger partial charge >= 0.3 is 0 Å². The van der Waals surface area contributed by atoms with E-state index in [2.05, 4.69) is 6.08 Å². The van der Waals surface area contributed by atoms with E-state index in [4.69, 9.17) is 4.74 Å². The van der Waals surface area contributed by atoms with Crippen molar-refractivity contribution in [3.63, 3.8) is 0 Å². The summed E-state index contributed by atoms with van der Waals surface area (Å²) in [6, 6.07) is 8.03. The van der Waals surface area contributed by atoms with Crippen LogP contribution in [0, 0.1) is 0 Å². The van der Waals surface area contributed by atoms with E-state index < -0.39 is 0 Å². The molecule has 1 nitrogen and oxygen atoms in total. The van der Waals surface area contributed by atoms with Crippen molar-refractivity contribution < 1.29 is 27.1 Å². The second kappa shape index (κ2) is 3.77. The normalized spacial score (nSPS) is 12.7. The second-order valence-electron chi connectivity index (χ2n) is 2.25. The minimum Gasteiger partial charge on any atom is -0.489 e. The summed E-state index contributed by atoms with van der Waals surface area (Å²) in [7, 11) is 0. The van der Waals surface area contributed by atoms with Gasteiger partial charge in [0.05, 0.1) is 0 Å². The molecule has 0 atom stereocenters. The summed E-state index contributed by atoms with van der Waals surface area (Å²) in [5.41, 5.74) is 1.17. The van der Waals surface area contributed by atoms with E-state index in [9.17, 15) is 0 Å². The number of para-hydroxylation sites is 1. The van der Waals surface area contributed by atoms with E-state index in [-0.39, 0.29) is 22.4 Å². The summed E-state index contributed by atoms with van der Waals surface area (Å²) < 4.78 is 5.34. The number of ether oxygens (including phenoxy) is 1. The molecular weight excluding hydrogens is 321 g/mol. The van der Waals surface area contributed by atoms with Gasteiger partial charge in [0.15, 0.2) is 0 Å². The molecule has 1 aliphatic rings. The fraction of sp³-hybridized carbons (Fsp3) is 0.111. The van der Waals surface area contributed by atoms with E-state index in [1.165, 1.54) is 5.56 Å². The Morgan fingerprint density at radius 2 is 2.00 bits per heavy atom. The van der Waals surface area contributed by atoms with Crippen LogP contribution in [0.1, 0.15) is 5.56 Å². The van der Waals surface area contributed by atoms with Crippen LogP contribution in [-0.4, -0.2) is 6.61 Å². The number of fused-ring (bicyclic) bond motifs is 1. The molecular formula is C9H8AuO. The van der Waals surface area contributed by atoms with Crippen LogP contribution in [0.25, 0.3) is 6.08 Å². The summed E-state index contributed by atoms with van der Waals surface area (Å²) >= 11 is 0. The van der Waals surface area contributed by atoms with Crippen LogP contribution >= 0.6 is 0 Å². The van der Waals surface area contributed by atoms with Gasteiger partial charge in [-0.1, -0.05) is 24.3 Å². The van der Waals surface area contributed by atoms with Gasteiger partial charge in [0, 0.05) is 27.9 Å². The zero-order valence-electron chi connectivity index (χ0n) is 5.88. The Balaban J connectivity index is 0.000000605. The Kier molecular flexibility index (Phi) is 2.94. The number of hydrogen-bond donors (Lipinski definition) is 0. The van der Waals surface area contributed by atoms with Crippen LogP contribution in [-0.2, 0) is 22.4 Å². The molecule has 0 fully saturated rings. The Morgan fingerprint density at radius 1 is 1.18 bits per heavy atom. The molecule has 1 aromatic rings. The second-order valence-corrected chi connectivity index (χ2v) is 2.25. The van der Waals surface area contributed by atoms with Crippen molar-refractivity contribution in [2.75, 3.05) is 6.61 Å². The molecule has 0 aromatic heterocycles. The first-order valence-electron chi connectivity index (χ1n) is 3.35. The largest absolute Gasteiger partial charge is 0.489 e. The van der Waals surface area contributed by atoms with Crippen molar-refractivity contribution in [1.29, 1.82) is 0 Å². The van der Waals surface area contributed by atoms with Gasteiger partial charge in [-0.3, -0.25) is 0 Å². The van der Waals surface area contributed by atoms with Gasteiger partial charge in [-0.15, -0.1) is 0 Å². The third-order valence-corrected chi connectivity index (χ3v) is 1.55. The van der Waals surface area contributed by atoms with Crippen LogP contribution in [0.4, 0.5) is 0 Å². The maximum Gasteiger partial charge on any atom is 0.126 e. The van der Waals surface area contributed by atoms with Crippen molar-refractivity contribution in [3.8, 4) is 5.75 Å². The van der Waals surface area contributed by atoms with Gasteiger partial charge < -0.3 is 4.74 Å². The summed E-state index contributed by atoms with van der Waals surface area (Å²) in [4.78, 5) is 0. The maximum atomic E-state index is 5.34. The van der Waals surface area contributed by atoms with Crippen LogP contribution in [0.5, 0.6) is 5.75 Å². The van der Waals surface area contributed by atoms with Crippen molar-refractivity contribution >= 4 is 6.08 Å². The van der Waals surface area contributed by atoms with Crippen LogP contribution in [0.15, 0.2) is 30.3 Å². The molecule has 0 N–H and O–H groups in total. The van der Waals surface area contributed by atoms with E-state index in [1.807, 2.05) is 30.3 Å². The monoisotopic (exact) mass is 329 g/mol. The first kappa shape index (κ1) is 8.60. The molecule has 1 aliphatic heterocycles. The van der Waals surface area contributed by atoms with Gasteiger partial charge in [-0.05, 0) is 12.1 Å². The minimum absolute atomic E-state index is 0. The van der Waals surface area contributed by atoms with Crippen molar-refractivity contribution in [3.05, 3.63) is 35.9 Å². The van der Waals surface area contributed by atoms with Crippen LogP contribution < -0.4 is 4.74 Å². The predicted octanol–water partition coefficient (Wildman–Crippen LogP) is 2.09. The molecule has 1 radical (unpaired) electrons. The third-order valence-electron chi connectivity index (χ3n) is 1.55. The van der Waals surface area contributed by atoms with Crippen LogP contribution in [0.2, 0.25) is 0 Å². The number of rotatable bonds is 0. The Labute approximate surface area is 81.6 Å². The summed E-state index contributed by atoms with van der Waals surface area (Å²) in [6.45, 7) is 0.705. The standard InChI is InChI=1S/C9H8O.Au/c1-2-6-9-8(4-1)5-3-7-10-9;/h1-6H,7H2;. The minimum atomic E-state index is 0. The van der Waals surface area contributed by atoms with Gasteiger partial charge in [0.2, 0.25) is 0 Å². The molecule has 0 unspecified atom stereocenters. The fourth-order valence-corrected chi connectivity index (χ4v) is 1.06. The first-order chi connectivity index (χ1) is 4.97. The van der Waals surface area contributed by atoms with E-state index >= 15 is 0 Å². The van der Waals surface area contributed by atoms with Gasteiger partial charge in [0.1, 0.15) is 12.4 Å². The summed E-state index contributed by atoms with van der Waals surface area (Å²) in [6.07, 6.45) is 4.10. The Bertz CT molecular complexity index is 268. The molecule has 0 saturated heterocycles. The molecule has 1 heterocycles. The summed E-state index contributed by atoms with van der Waals surface area (Å²) in [5.74, 6) is 0.991. The van der Waals surface area contributed by atoms with E-state index in [0.717, 1.165) is 5.75 Å². The zero-order chi connectivity index (χ0) is 6.81. The van der Waals surface area contributed by atoms with Gasteiger partial charge in [-0.25, -0.2) is 0 Å². The molecule has 11 heavy (non-hydrogen) atoms. The Morgan fingerprint density at radius 3 is 2.82 bits per heavy atom.